The van der Waals surface area contributed by atoms with E-state index in [1.165, 1.54) is 32.4 Å². The minimum atomic E-state index is -0.688. The highest BCUT2D eigenvalue weighted by atomic mass is 16.4. The fraction of sp³-hybridized carbons (Fsp3) is 0.867. The summed E-state index contributed by atoms with van der Waals surface area (Å²) in [7, 11) is 0. The van der Waals surface area contributed by atoms with Crippen molar-refractivity contribution in [2.45, 2.75) is 51.0 Å². The van der Waals surface area contributed by atoms with Gasteiger partial charge < -0.3 is 20.7 Å². The van der Waals surface area contributed by atoms with Crippen LogP contribution in [0.15, 0.2) is 5.16 Å². The number of hydrogen-bond donors (Lipinski definition) is 2. The second-order valence-electron chi connectivity index (χ2n) is 6.69. The molecule has 1 aliphatic carbocycles. The highest BCUT2D eigenvalue weighted by molar-refractivity contribution is 6.09. The SMILES string of the molecule is NC(=NO)C1(C(=O)N2CCC(N3CCCCC3)CC2)CC1. The maximum absolute atomic E-state index is 12.6. The van der Waals surface area contributed by atoms with E-state index in [2.05, 4.69) is 10.1 Å². The molecule has 6 nitrogen and oxygen atoms in total. The molecule has 3 N–H and O–H groups in total. The summed E-state index contributed by atoms with van der Waals surface area (Å²) in [6.45, 7) is 4.04. The highest BCUT2D eigenvalue weighted by Crippen LogP contribution is 2.47. The molecule has 3 fully saturated rings. The summed E-state index contributed by atoms with van der Waals surface area (Å²) in [5, 5.41) is 11.9. The second-order valence-corrected chi connectivity index (χ2v) is 6.69. The number of nitrogens with two attached hydrogens (primary N) is 1. The minimum absolute atomic E-state index is 0.0647. The first-order valence-electron chi connectivity index (χ1n) is 8.19. The van der Waals surface area contributed by atoms with Crippen LogP contribution >= 0.6 is 0 Å². The molecule has 118 valence electrons. The van der Waals surface area contributed by atoms with Crippen molar-refractivity contribution in [1.29, 1.82) is 0 Å². The van der Waals surface area contributed by atoms with Gasteiger partial charge in [0.05, 0.1) is 0 Å². The quantitative estimate of drug-likeness (QED) is 0.352. The molecule has 0 aromatic carbocycles. The van der Waals surface area contributed by atoms with E-state index in [9.17, 15) is 4.79 Å². The standard InChI is InChI=1S/C15H26N4O2/c16-13(17-21)15(6-7-15)14(20)19-10-4-12(5-11-19)18-8-2-1-3-9-18/h12,21H,1-11H2,(H2,16,17). The van der Waals surface area contributed by atoms with Crippen LogP contribution in [0.1, 0.15) is 44.9 Å². The van der Waals surface area contributed by atoms with E-state index in [0.717, 1.165) is 25.9 Å². The van der Waals surface area contributed by atoms with E-state index in [0.29, 0.717) is 18.9 Å². The zero-order valence-electron chi connectivity index (χ0n) is 12.6. The van der Waals surface area contributed by atoms with E-state index in [1.54, 1.807) is 0 Å². The Hall–Kier alpha value is -1.30. The third-order valence-corrected chi connectivity index (χ3v) is 5.42. The predicted molar refractivity (Wildman–Crippen MR) is 80.1 cm³/mol. The Labute approximate surface area is 125 Å². The van der Waals surface area contributed by atoms with Gasteiger partial charge in [-0.05, 0) is 51.6 Å². The number of likely N-dealkylation sites (tertiary alicyclic amines) is 2. The number of amidine groups is 1. The Morgan fingerprint density at radius 1 is 1.10 bits per heavy atom. The number of hydrogen-bond acceptors (Lipinski definition) is 4. The van der Waals surface area contributed by atoms with Gasteiger partial charge in [-0.25, -0.2) is 0 Å². The molecule has 3 aliphatic rings. The summed E-state index contributed by atoms with van der Waals surface area (Å²) in [6, 6.07) is 0.633. The van der Waals surface area contributed by atoms with Crippen LogP contribution in [0.5, 0.6) is 0 Å². The Kier molecular flexibility index (Phi) is 4.06. The molecule has 3 rings (SSSR count). The van der Waals surface area contributed by atoms with E-state index in [1.807, 2.05) is 4.90 Å². The number of oxime groups is 1. The van der Waals surface area contributed by atoms with Crippen LogP contribution in [-0.4, -0.2) is 59.0 Å². The molecule has 6 heteroatoms. The highest BCUT2D eigenvalue weighted by Gasteiger charge is 2.56. The van der Waals surface area contributed by atoms with Gasteiger partial charge in [0.25, 0.3) is 0 Å². The van der Waals surface area contributed by atoms with Gasteiger partial charge in [-0.15, -0.1) is 0 Å². The summed E-state index contributed by atoms with van der Waals surface area (Å²) in [6.07, 6.45) is 7.52. The first-order chi connectivity index (χ1) is 10.2. The van der Waals surface area contributed by atoms with E-state index >= 15 is 0 Å². The molecule has 21 heavy (non-hydrogen) atoms. The second kappa shape index (κ2) is 5.83. The largest absolute Gasteiger partial charge is 0.409 e. The van der Waals surface area contributed by atoms with E-state index < -0.39 is 5.41 Å². The molecule has 0 aromatic heterocycles. The summed E-state index contributed by atoms with van der Waals surface area (Å²) >= 11 is 0. The number of nitrogens with zero attached hydrogens (tertiary/aromatic N) is 3. The third-order valence-electron chi connectivity index (χ3n) is 5.42. The van der Waals surface area contributed by atoms with E-state index in [-0.39, 0.29) is 11.7 Å². The number of piperidine rings is 2. The van der Waals surface area contributed by atoms with E-state index in [4.69, 9.17) is 10.9 Å². The van der Waals surface area contributed by atoms with Crippen LogP contribution in [0.4, 0.5) is 0 Å². The van der Waals surface area contributed by atoms with Gasteiger partial charge in [-0.2, -0.15) is 0 Å². The van der Waals surface area contributed by atoms with Gasteiger partial charge in [-0.3, -0.25) is 4.79 Å². The number of carbonyl (C=O) groups excluding carboxylic acids is 1. The van der Waals surface area contributed by atoms with Crippen LogP contribution < -0.4 is 5.73 Å². The zero-order valence-corrected chi connectivity index (χ0v) is 12.6. The van der Waals surface area contributed by atoms with Gasteiger partial charge in [0, 0.05) is 19.1 Å². The predicted octanol–water partition coefficient (Wildman–Crippen LogP) is 0.990. The molecule has 2 aliphatic heterocycles. The fourth-order valence-electron chi connectivity index (χ4n) is 3.82. The molecule has 1 amide bonds. The first kappa shape index (κ1) is 14.6. The van der Waals surface area contributed by atoms with Crippen molar-refractivity contribution in [1.82, 2.24) is 9.80 Å². The fourth-order valence-corrected chi connectivity index (χ4v) is 3.82. The summed E-state index contributed by atoms with van der Waals surface area (Å²) in [5.41, 5.74) is 5.02. The van der Waals surface area contributed by atoms with Crippen molar-refractivity contribution in [2.24, 2.45) is 16.3 Å². The molecular formula is C15H26N4O2. The van der Waals surface area contributed by atoms with Gasteiger partial charge in [0.15, 0.2) is 5.84 Å². The molecule has 0 atom stereocenters. The van der Waals surface area contributed by atoms with Gasteiger partial charge in [0.1, 0.15) is 5.41 Å². The Morgan fingerprint density at radius 3 is 2.24 bits per heavy atom. The molecular weight excluding hydrogens is 268 g/mol. The maximum atomic E-state index is 12.6. The van der Waals surface area contributed by atoms with Crippen LogP contribution in [0.3, 0.4) is 0 Å². The van der Waals surface area contributed by atoms with Crippen molar-refractivity contribution < 1.29 is 10.0 Å². The lowest BCUT2D eigenvalue weighted by Crippen LogP contribution is -2.51. The number of rotatable bonds is 3. The molecule has 0 bridgehead atoms. The average Bonchev–Trinajstić information content (AvgIpc) is 3.36. The van der Waals surface area contributed by atoms with Crippen molar-refractivity contribution in [2.75, 3.05) is 26.2 Å². The van der Waals surface area contributed by atoms with Gasteiger partial charge in [0.2, 0.25) is 5.91 Å². The normalized spacial score (nSPS) is 27.6. The Morgan fingerprint density at radius 2 is 1.71 bits per heavy atom. The Balaban J connectivity index is 1.55. The molecule has 0 spiro atoms. The Bertz CT molecular complexity index is 419. The summed E-state index contributed by atoms with van der Waals surface area (Å²) < 4.78 is 0. The molecule has 0 unspecified atom stereocenters. The summed E-state index contributed by atoms with van der Waals surface area (Å²) in [4.78, 5) is 17.1. The van der Waals surface area contributed by atoms with Crippen molar-refractivity contribution in [3.63, 3.8) is 0 Å². The molecule has 1 saturated carbocycles. The first-order valence-corrected chi connectivity index (χ1v) is 8.19. The minimum Gasteiger partial charge on any atom is -0.409 e. The number of amides is 1. The lowest BCUT2D eigenvalue weighted by molar-refractivity contribution is -0.136. The molecule has 2 heterocycles. The van der Waals surface area contributed by atoms with Crippen molar-refractivity contribution in [3.05, 3.63) is 0 Å². The molecule has 2 saturated heterocycles. The van der Waals surface area contributed by atoms with Gasteiger partial charge in [-0.1, -0.05) is 11.6 Å². The van der Waals surface area contributed by atoms with Crippen LogP contribution in [-0.2, 0) is 4.79 Å². The monoisotopic (exact) mass is 294 g/mol. The smallest absolute Gasteiger partial charge is 0.236 e. The topological polar surface area (TPSA) is 82.2 Å². The van der Waals surface area contributed by atoms with Crippen LogP contribution in [0.2, 0.25) is 0 Å². The van der Waals surface area contributed by atoms with Crippen LogP contribution in [0.25, 0.3) is 0 Å². The van der Waals surface area contributed by atoms with Gasteiger partial charge >= 0.3 is 0 Å². The maximum Gasteiger partial charge on any atom is 0.236 e. The third kappa shape index (κ3) is 2.73. The van der Waals surface area contributed by atoms with Crippen LogP contribution in [0, 0.1) is 5.41 Å². The zero-order chi connectivity index (χ0) is 14.9. The molecule has 0 radical (unpaired) electrons. The number of carbonyl (C=O) groups is 1. The molecule has 0 aromatic rings. The lowest BCUT2D eigenvalue weighted by Gasteiger charge is -2.41. The average molecular weight is 294 g/mol. The lowest BCUT2D eigenvalue weighted by atomic mass is 9.97. The summed E-state index contributed by atoms with van der Waals surface area (Å²) in [5.74, 6) is 0.153. The van der Waals surface area contributed by atoms with Crippen molar-refractivity contribution in [3.8, 4) is 0 Å². The van der Waals surface area contributed by atoms with Crippen molar-refractivity contribution >= 4 is 11.7 Å².